The molecule has 3 heteroatoms. The second-order valence-electron chi connectivity index (χ2n) is 6.72. The Bertz CT molecular complexity index is 437. The summed E-state index contributed by atoms with van der Waals surface area (Å²) in [5.41, 5.74) is 1.50. The number of ether oxygens (including phenoxy) is 2. The first-order valence-electron chi connectivity index (χ1n) is 7.78. The summed E-state index contributed by atoms with van der Waals surface area (Å²) in [7, 11) is 3.40. The van der Waals surface area contributed by atoms with Crippen LogP contribution in [0.25, 0.3) is 0 Å². The summed E-state index contributed by atoms with van der Waals surface area (Å²) in [6, 6.07) is 6.37. The minimum Gasteiger partial charge on any atom is -0.497 e. The molecule has 0 spiro atoms. The molecule has 0 radical (unpaired) electrons. The first kappa shape index (κ1) is 17.8. The molecule has 21 heavy (non-hydrogen) atoms. The molecule has 1 aromatic rings. The van der Waals surface area contributed by atoms with Crippen LogP contribution >= 0.6 is 0 Å². The van der Waals surface area contributed by atoms with E-state index in [0.29, 0.717) is 17.4 Å². The standard InChI is InChI=1S/C18H31NO2/c1-8-19-16(11-13(2)18(3,4)5)15-10-9-14(20-6)12-17(15)21-7/h9-10,12-13,16,19H,8,11H2,1-7H3. The molecule has 0 bridgehead atoms. The van der Waals surface area contributed by atoms with Crippen molar-refractivity contribution < 1.29 is 9.47 Å². The van der Waals surface area contributed by atoms with Gasteiger partial charge in [0.2, 0.25) is 0 Å². The van der Waals surface area contributed by atoms with Crippen molar-refractivity contribution in [2.24, 2.45) is 11.3 Å². The second kappa shape index (κ2) is 7.69. The fraction of sp³-hybridized carbons (Fsp3) is 0.667. The van der Waals surface area contributed by atoms with E-state index in [2.05, 4.69) is 46.0 Å². The zero-order valence-electron chi connectivity index (χ0n) is 14.6. The van der Waals surface area contributed by atoms with Crippen LogP contribution in [-0.4, -0.2) is 20.8 Å². The maximum Gasteiger partial charge on any atom is 0.127 e. The van der Waals surface area contributed by atoms with Crippen molar-refractivity contribution in [1.82, 2.24) is 5.32 Å². The highest BCUT2D eigenvalue weighted by Gasteiger charge is 2.25. The predicted molar refractivity (Wildman–Crippen MR) is 89.2 cm³/mol. The van der Waals surface area contributed by atoms with Gasteiger partial charge >= 0.3 is 0 Å². The predicted octanol–water partition coefficient (Wildman–Crippen LogP) is 4.43. The Morgan fingerprint density at radius 1 is 1.14 bits per heavy atom. The second-order valence-corrected chi connectivity index (χ2v) is 6.72. The normalized spacial score (nSPS) is 14.6. The van der Waals surface area contributed by atoms with Crippen molar-refractivity contribution in [3.05, 3.63) is 23.8 Å². The molecule has 0 aliphatic heterocycles. The molecule has 2 unspecified atom stereocenters. The van der Waals surface area contributed by atoms with Gasteiger partial charge in [0, 0.05) is 17.7 Å². The van der Waals surface area contributed by atoms with Crippen LogP contribution in [0.5, 0.6) is 11.5 Å². The minimum atomic E-state index is 0.296. The van der Waals surface area contributed by atoms with Gasteiger partial charge in [0.05, 0.1) is 14.2 Å². The minimum absolute atomic E-state index is 0.296. The average Bonchev–Trinajstić information content (AvgIpc) is 2.45. The van der Waals surface area contributed by atoms with Crippen LogP contribution in [0.3, 0.4) is 0 Å². The molecule has 1 aromatic carbocycles. The monoisotopic (exact) mass is 293 g/mol. The van der Waals surface area contributed by atoms with Crippen molar-refractivity contribution in [3.63, 3.8) is 0 Å². The summed E-state index contributed by atoms with van der Waals surface area (Å²) < 4.78 is 10.8. The van der Waals surface area contributed by atoms with Crippen molar-refractivity contribution in [1.29, 1.82) is 0 Å². The van der Waals surface area contributed by atoms with Gasteiger partial charge in [-0.05, 0) is 30.4 Å². The first-order valence-corrected chi connectivity index (χ1v) is 7.78. The number of benzene rings is 1. The molecule has 0 saturated carbocycles. The number of hydrogen-bond donors (Lipinski definition) is 1. The van der Waals surface area contributed by atoms with E-state index in [9.17, 15) is 0 Å². The van der Waals surface area contributed by atoms with Crippen molar-refractivity contribution in [3.8, 4) is 11.5 Å². The van der Waals surface area contributed by atoms with Crippen LogP contribution in [0.2, 0.25) is 0 Å². The Morgan fingerprint density at radius 2 is 1.81 bits per heavy atom. The molecule has 0 heterocycles. The van der Waals surface area contributed by atoms with Gasteiger partial charge in [-0.1, -0.05) is 40.7 Å². The molecular weight excluding hydrogens is 262 g/mol. The number of rotatable bonds is 7. The fourth-order valence-electron chi connectivity index (χ4n) is 2.38. The molecule has 0 aliphatic rings. The lowest BCUT2D eigenvalue weighted by atomic mass is 9.77. The third-order valence-corrected chi connectivity index (χ3v) is 4.33. The SMILES string of the molecule is CCNC(CC(C)C(C)(C)C)c1ccc(OC)cc1OC. The molecule has 1 rings (SSSR count). The molecule has 0 fully saturated rings. The highest BCUT2D eigenvalue weighted by molar-refractivity contribution is 5.42. The molecular formula is C18H31NO2. The van der Waals surface area contributed by atoms with Gasteiger partial charge in [-0.15, -0.1) is 0 Å². The maximum absolute atomic E-state index is 5.56. The van der Waals surface area contributed by atoms with Gasteiger partial charge in [-0.3, -0.25) is 0 Å². The molecule has 3 nitrogen and oxygen atoms in total. The van der Waals surface area contributed by atoms with E-state index in [-0.39, 0.29) is 0 Å². The Balaban J connectivity index is 3.05. The number of nitrogens with one attached hydrogen (secondary N) is 1. The summed E-state index contributed by atoms with van der Waals surface area (Å²) in [6.45, 7) is 12.3. The quantitative estimate of drug-likeness (QED) is 0.807. The van der Waals surface area contributed by atoms with E-state index < -0.39 is 0 Å². The van der Waals surface area contributed by atoms with Crippen molar-refractivity contribution in [2.45, 2.75) is 47.1 Å². The van der Waals surface area contributed by atoms with E-state index in [1.165, 1.54) is 5.56 Å². The topological polar surface area (TPSA) is 30.5 Å². The molecule has 120 valence electrons. The highest BCUT2D eigenvalue weighted by Crippen LogP contribution is 2.37. The van der Waals surface area contributed by atoms with Crippen LogP contribution < -0.4 is 14.8 Å². The maximum atomic E-state index is 5.56. The van der Waals surface area contributed by atoms with Gasteiger partial charge in [0.25, 0.3) is 0 Å². The number of methoxy groups -OCH3 is 2. The molecule has 2 atom stereocenters. The molecule has 0 aromatic heterocycles. The Morgan fingerprint density at radius 3 is 2.29 bits per heavy atom. The van der Waals surface area contributed by atoms with Gasteiger partial charge in [0.1, 0.15) is 11.5 Å². The summed E-state index contributed by atoms with van der Waals surface area (Å²) in [5.74, 6) is 2.32. The highest BCUT2D eigenvalue weighted by atomic mass is 16.5. The largest absolute Gasteiger partial charge is 0.497 e. The Kier molecular flexibility index (Phi) is 6.53. The van der Waals surface area contributed by atoms with Crippen molar-refractivity contribution >= 4 is 0 Å². The van der Waals surface area contributed by atoms with Crippen LogP contribution in [0, 0.1) is 11.3 Å². The van der Waals surface area contributed by atoms with E-state index in [1.54, 1.807) is 14.2 Å². The lowest BCUT2D eigenvalue weighted by molar-refractivity contribution is 0.222. The smallest absolute Gasteiger partial charge is 0.127 e. The lowest BCUT2D eigenvalue weighted by Crippen LogP contribution is -2.27. The molecule has 0 aliphatic carbocycles. The third kappa shape index (κ3) is 4.92. The van der Waals surface area contributed by atoms with Crippen LogP contribution in [0.15, 0.2) is 18.2 Å². The zero-order chi connectivity index (χ0) is 16.0. The summed E-state index contributed by atoms with van der Waals surface area (Å²) in [5, 5.41) is 3.59. The van der Waals surface area contributed by atoms with Crippen LogP contribution in [-0.2, 0) is 0 Å². The number of hydrogen-bond acceptors (Lipinski definition) is 3. The summed E-state index contributed by atoms with van der Waals surface area (Å²) in [4.78, 5) is 0. The van der Waals surface area contributed by atoms with E-state index >= 15 is 0 Å². The average molecular weight is 293 g/mol. The van der Waals surface area contributed by atoms with Gasteiger partial charge in [0.15, 0.2) is 0 Å². The summed E-state index contributed by atoms with van der Waals surface area (Å²) >= 11 is 0. The lowest BCUT2D eigenvalue weighted by Gasteiger charge is -2.32. The first-order chi connectivity index (χ1) is 9.83. The Hall–Kier alpha value is -1.22. The zero-order valence-corrected chi connectivity index (χ0v) is 14.6. The van der Waals surface area contributed by atoms with E-state index in [4.69, 9.17) is 9.47 Å². The van der Waals surface area contributed by atoms with E-state index in [0.717, 1.165) is 24.5 Å². The third-order valence-electron chi connectivity index (χ3n) is 4.33. The van der Waals surface area contributed by atoms with Crippen molar-refractivity contribution in [2.75, 3.05) is 20.8 Å². The fourth-order valence-corrected chi connectivity index (χ4v) is 2.38. The van der Waals surface area contributed by atoms with E-state index in [1.807, 2.05) is 12.1 Å². The Labute approximate surface area is 130 Å². The van der Waals surface area contributed by atoms with Crippen LogP contribution in [0.4, 0.5) is 0 Å². The molecule has 0 saturated heterocycles. The summed E-state index contributed by atoms with van der Waals surface area (Å²) in [6.07, 6.45) is 1.08. The van der Waals surface area contributed by atoms with Gasteiger partial charge in [-0.2, -0.15) is 0 Å². The molecule has 1 N–H and O–H groups in total. The van der Waals surface area contributed by atoms with Gasteiger partial charge in [-0.25, -0.2) is 0 Å². The molecule has 0 amide bonds. The van der Waals surface area contributed by atoms with Crippen LogP contribution in [0.1, 0.15) is 52.6 Å². The van der Waals surface area contributed by atoms with Gasteiger partial charge < -0.3 is 14.8 Å².